The van der Waals surface area contributed by atoms with Gasteiger partial charge in [0.1, 0.15) is 0 Å². The van der Waals surface area contributed by atoms with Crippen molar-refractivity contribution in [2.24, 2.45) is 16.3 Å². The number of carbonyl (C=O) groups is 1. The third-order valence-corrected chi connectivity index (χ3v) is 12.2. The Labute approximate surface area is 266 Å². The van der Waals surface area contributed by atoms with Gasteiger partial charge in [0.15, 0.2) is 5.88 Å². The molecule has 1 unspecified atom stereocenters. The van der Waals surface area contributed by atoms with Gasteiger partial charge in [-0.3, -0.25) is 14.0 Å². The van der Waals surface area contributed by atoms with Crippen molar-refractivity contribution in [3.63, 3.8) is 0 Å². The summed E-state index contributed by atoms with van der Waals surface area (Å²) in [6.45, 7) is 7.24. The first-order valence-electron chi connectivity index (χ1n) is 16.1. The van der Waals surface area contributed by atoms with Crippen molar-refractivity contribution in [1.29, 1.82) is 5.41 Å². The van der Waals surface area contributed by atoms with Gasteiger partial charge in [-0.1, -0.05) is 6.92 Å². The molecule has 1 aromatic heterocycles. The molecule has 1 amide bonds. The first kappa shape index (κ1) is 31.2. The number of aryl methyl sites for hydroxylation is 1. The Kier molecular flexibility index (Phi) is 8.96. The summed E-state index contributed by atoms with van der Waals surface area (Å²) in [7, 11) is -0.804. The Morgan fingerprint density at radius 3 is 2.67 bits per heavy atom. The van der Waals surface area contributed by atoms with E-state index in [1.54, 1.807) is 19.2 Å². The first-order chi connectivity index (χ1) is 21.7. The van der Waals surface area contributed by atoms with Gasteiger partial charge in [0.05, 0.1) is 29.2 Å². The van der Waals surface area contributed by atoms with Gasteiger partial charge < -0.3 is 35.7 Å². The Morgan fingerprint density at radius 1 is 1.16 bits per heavy atom. The Hall–Kier alpha value is -3.77. The number of anilines is 3. The quantitative estimate of drug-likeness (QED) is 0.216. The first-order valence-corrected chi connectivity index (χ1v) is 18.2. The summed E-state index contributed by atoms with van der Waals surface area (Å²) >= 11 is 0. The van der Waals surface area contributed by atoms with Gasteiger partial charge in [0, 0.05) is 48.3 Å². The molecular weight excluding hydrogens is 588 g/mol. The van der Waals surface area contributed by atoms with Crippen molar-refractivity contribution in [3.8, 4) is 0 Å². The lowest BCUT2D eigenvalue weighted by Crippen LogP contribution is -2.45. The van der Waals surface area contributed by atoms with Crippen LogP contribution in [0.3, 0.4) is 0 Å². The molecule has 45 heavy (non-hydrogen) atoms. The van der Waals surface area contributed by atoms with E-state index in [0.717, 1.165) is 67.3 Å². The summed E-state index contributed by atoms with van der Waals surface area (Å²) in [4.78, 5) is 24.9. The van der Waals surface area contributed by atoms with Crippen molar-refractivity contribution in [2.75, 3.05) is 59.7 Å². The minimum atomic E-state index is -2.55. The molecule has 0 saturated carbocycles. The van der Waals surface area contributed by atoms with Crippen molar-refractivity contribution >= 4 is 50.8 Å². The van der Waals surface area contributed by atoms with Crippen LogP contribution in [0.2, 0.25) is 0 Å². The lowest BCUT2D eigenvalue weighted by molar-refractivity contribution is 0.100. The number of benzene rings is 1. The molecule has 11 nitrogen and oxygen atoms in total. The van der Waals surface area contributed by atoms with Crippen molar-refractivity contribution in [3.05, 3.63) is 53.2 Å². The molecule has 4 aliphatic heterocycles. The zero-order valence-electron chi connectivity index (χ0n) is 26.5. The van der Waals surface area contributed by atoms with E-state index in [9.17, 15) is 9.00 Å². The van der Waals surface area contributed by atoms with Crippen LogP contribution < -0.4 is 25.6 Å². The maximum atomic E-state index is 14.0. The van der Waals surface area contributed by atoms with E-state index in [2.05, 4.69) is 42.5 Å². The summed E-state index contributed by atoms with van der Waals surface area (Å²) in [5.74, 6) is 2.23. The van der Waals surface area contributed by atoms with Crippen LogP contribution in [-0.2, 0) is 14.9 Å². The highest BCUT2D eigenvalue weighted by molar-refractivity contribution is 8.04. The maximum absolute atomic E-state index is 14.0. The van der Waals surface area contributed by atoms with Gasteiger partial charge in [-0.2, -0.15) is 4.99 Å². The largest absolute Gasteiger partial charge is 0.479 e. The third kappa shape index (κ3) is 6.76. The number of carbonyl (C=O) groups excluding carboxylic acids is 1. The van der Waals surface area contributed by atoms with Crippen LogP contribution in [0.15, 0.2) is 41.2 Å². The zero-order valence-corrected chi connectivity index (χ0v) is 27.4. The van der Waals surface area contributed by atoms with Gasteiger partial charge in [0.2, 0.25) is 5.96 Å². The number of guanidine groups is 1. The van der Waals surface area contributed by atoms with Gasteiger partial charge in [-0.25, -0.2) is 0 Å². The topological polar surface area (TPSA) is 144 Å². The van der Waals surface area contributed by atoms with Crippen LogP contribution >= 0.6 is 0 Å². The summed E-state index contributed by atoms with van der Waals surface area (Å²) in [6.07, 6.45) is 7.28. The summed E-state index contributed by atoms with van der Waals surface area (Å²) < 4.78 is 23.5. The molecule has 1 spiro atoms. The number of aliphatic imine (C=N–C) groups is 1. The fourth-order valence-electron chi connectivity index (χ4n) is 7.02. The van der Waals surface area contributed by atoms with E-state index in [4.69, 9.17) is 10.1 Å². The molecule has 2 bridgehead atoms. The number of piperidine rings is 1. The number of fused-ring (bicyclic) bond motifs is 5. The average Bonchev–Trinajstić information content (AvgIpc) is 3.35. The minimum Gasteiger partial charge on any atom is -0.479 e. The number of nitrogens with one attached hydrogen (secondary N) is 5. The Morgan fingerprint density at radius 2 is 1.93 bits per heavy atom. The van der Waals surface area contributed by atoms with Crippen LogP contribution in [0.1, 0.15) is 67.2 Å². The molecule has 0 radical (unpaired) electrons. The highest BCUT2D eigenvalue weighted by Gasteiger charge is 2.38. The second kappa shape index (κ2) is 12.9. The Balaban J connectivity index is 1.29. The maximum Gasteiger partial charge on any atom is 0.280 e. The predicted octanol–water partition coefficient (Wildman–Crippen LogP) is 4.31. The lowest BCUT2D eigenvalue weighted by atomic mass is 9.74. The monoisotopic (exact) mass is 634 g/mol. The van der Waals surface area contributed by atoms with Crippen molar-refractivity contribution in [1.82, 2.24) is 15.6 Å². The van der Waals surface area contributed by atoms with Gasteiger partial charge in [-0.05, 0) is 110 Å². The van der Waals surface area contributed by atoms with Crippen LogP contribution in [0, 0.1) is 23.7 Å². The molecule has 12 heteroatoms. The van der Waals surface area contributed by atoms with Crippen molar-refractivity contribution < 1.29 is 13.7 Å². The normalized spacial score (nSPS) is 26.5. The molecular formula is C33H46N8O3S. The molecule has 4 aliphatic rings. The molecule has 2 fully saturated rings. The summed E-state index contributed by atoms with van der Waals surface area (Å²) in [5.41, 5.74) is 4.92. The highest BCUT2D eigenvalue weighted by Crippen LogP contribution is 2.43. The van der Waals surface area contributed by atoms with E-state index in [1.807, 2.05) is 25.1 Å². The van der Waals surface area contributed by atoms with E-state index in [1.165, 1.54) is 19.1 Å². The molecule has 5 N–H and O–H groups in total. The second-order valence-corrected chi connectivity index (χ2v) is 15.9. The minimum absolute atomic E-state index is 0.260. The van der Waals surface area contributed by atoms with Gasteiger partial charge in [-0.15, -0.1) is 0 Å². The van der Waals surface area contributed by atoms with E-state index < -0.39 is 16.0 Å². The van der Waals surface area contributed by atoms with E-state index >= 15 is 0 Å². The molecule has 2 aromatic rings. The number of nitrogens with zero attached hydrogens (tertiary/aromatic N) is 3. The number of aromatic nitrogens is 1. The number of hydrogen-bond acceptors (Lipinski definition) is 9. The van der Waals surface area contributed by atoms with Crippen LogP contribution in [0.4, 0.5) is 17.1 Å². The number of ether oxygens (including phenoxy) is 1. The van der Waals surface area contributed by atoms with E-state index in [-0.39, 0.29) is 5.92 Å². The molecule has 2 saturated heterocycles. The van der Waals surface area contributed by atoms with Gasteiger partial charge >= 0.3 is 0 Å². The molecule has 1 atom stereocenters. The summed E-state index contributed by atoms with van der Waals surface area (Å²) in [5, 5.41) is 17.9. The third-order valence-electron chi connectivity index (χ3n) is 9.68. The second-order valence-electron chi connectivity index (χ2n) is 13.0. The standard InChI is InChI=1S/C33H46N8O3S/c1-22-5-4-14-44-31(35-3)26(20-34)28-18-24(17-23(2)37-28)30(42)39-32-38-27-7-6-25(19-29(27)41(32)21-22)40-45(43)15-10-33(11-16-45)8-12-36-13-9-33/h6-7,17-20,22,34-36,45H,4-5,8-16,21H2,1-3H3,(H,40,43)(H,38,39,42)/b31-26-,34-20?. The van der Waals surface area contributed by atoms with Crippen LogP contribution in [0.5, 0.6) is 0 Å². The fourth-order valence-corrected chi connectivity index (χ4v) is 9.75. The van der Waals surface area contributed by atoms with E-state index in [0.29, 0.717) is 52.9 Å². The van der Waals surface area contributed by atoms with Crippen LogP contribution in [0.25, 0.3) is 5.57 Å². The predicted molar refractivity (Wildman–Crippen MR) is 184 cm³/mol. The summed E-state index contributed by atoms with van der Waals surface area (Å²) in [6, 6.07) is 9.37. The van der Waals surface area contributed by atoms with Gasteiger partial charge in [0.25, 0.3) is 5.91 Å². The molecule has 0 aliphatic carbocycles. The molecule has 5 heterocycles. The molecule has 242 valence electrons. The fraction of sp³-hybridized carbons (Fsp3) is 0.515. The Bertz CT molecular complexity index is 1570. The van der Waals surface area contributed by atoms with Crippen molar-refractivity contribution in [2.45, 2.75) is 52.4 Å². The molecule has 6 rings (SSSR count). The lowest BCUT2D eigenvalue weighted by Gasteiger charge is -2.45. The smallest absolute Gasteiger partial charge is 0.280 e. The average molecular weight is 635 g/mol. The number of allylic oxidation sites excluding steroid dienone is 1. The number of hydrogen-bond donors (Lipinski definition) is 6. The zero-order chi connectivity index (χ0) is 31.6. The SMILES string of the molecule is CN/C1=C(\C=N)c2cc(cc(C)n2)C(=O)/N=C2\Nc3ccc(N[SH]4(=O)CCC5(CCNCC5)CC4)cc3N2CC(C)CCCO1. The number of thiol groups is 1. The number of rotatable bonds is 4. The number of pyridine rings is 1. The highest BCUT2D eigenvalue weighted by atomic mass is 32.3. The van der Waals surface area contributed by atoms with Crippen LogP contribution in [-0.4, -0.2) is 72.1 Å². The molecule has 1 aromatic carbocycles. The number of amides is 1.